The van der Waals surface area contributed by atoms with E-state index in [1.165, 1.54) is 0 Å². The topological polar surface area (TPSA) is 95.9 Å². The lowest BCUT2D eigenvalue weighted by Gasteiger charge is -2.27. The Labute approximate surface area is 94.2 Å². The Morgan fingerprint density at radius 3 is 2.12 bits per heavy atom. The van der Waals surface area contributed by atoms with Crippen LogP contribution >= 0.6 is 0 Å². The summed E-state index contributed by atoms with van der Waals surface area (Å²) in [5.41, 5.74) is -0.384. The Morgan fingerprint density at radius 2 is 1.75 bits per heavy atom. The molecule has 0 rings (SSSR count). The van der Waals surface area contributed by atoms with E-state index in [0.717, 1.165) is 0 Å². The van der Waals surface area contributed by atoms with Crippen molar-refractivity contribution in [3.63, 3.8) is 0 Å². The van der Waals surface area contributed by atoms with Crippen molar-refractivity contribution in [2.75, 3.05) is 26.4 Å². The molecule has 0 saturated carbocycles. The van der Waals surface area contributed by atoms with E-state index in [1.807, 2.05) is 13.8 Å². The number of carboxylic acids is 2. The molecule has 0 aromatic heterocycles. The van der Waals surface area contributed by atoms with Crippen LogP contribution in [0.3, 0.4) is 0 Å². The molecule has 6 nitrogen and oxygen atoms in total. The highest BCUT2D eigenvalue weighted by Crippen LogP contribution is 2.21. The van der Waals surface area contributed by atoms with E-state index in [9.17, 15) is 14.7 Å². The zero-order valence-corrected chi connectivity index (χ0v) is 9.52. The fraction of sp³-hybridized carbons (Fsp3) is 0.800. The third kappa shape index (κ3) is 7.19. The van der Waals surface area contributed by atoms with Crippen LogP contribution in [0.4, 0.5) is 0 Å². The van der Waals surface area contributed by atoms with E-state index in [-0.39, 0.29) is 25.2 Å². The van der Waals surface area contributed by atoms with E-state index in [2.05, 4.69) is 0 Å². The standard InChI is InChI=1S/C10H18O6/c1-3-10(2,6-15-4-8(11)12)7-16-5-9(13)14/h3-7H2,1-2H3,(H,11,12)(H,13,14)/p-1. The molecule has 94 valence electrons. The van der Waals surface area contributed by atoms with Gasteiger partial charge in [-0.25, -0.2) is 4.79 Å². The first-order chi connectivity index (χ1) is 7.39. The number of hydrogen-bond acceptors (Lipinski definition) is 5. The Kier molecular flexibility index (Phi) is 6.67. The molecule has 0 fully saturated rings. The van der Waals surface area contributed by atoms with E-state index in [4.69, 9.17) is 14.6 Å². The summed E-state index contributed by atoms with van der Waals surface area (Å²) in [6.45, 7) is 3.31. The second-order valence-corrected chi connectivity index (χ2v) is 3.92. The first kappa shape index (κ1) is 14.9. The molecule has 0 bridgehead atoms. The molecule has 0 aromatic carbocycles. The molecule has 0 aliphatic carbocycles. The minimum atomic E-state index is -1.27. The average Bonchev–Trinajstić information content (AvgIpc) is 2.16. The van der Waals surface area contributed by atoms with Gasteiger partial charge in [-0.1, -0.05) is 13.8 Å². The highest BCUT2D eigenvalue weighted by Gasteiger charge is 2.23. The van der Waals surface area contributed by atoms with Crippen LogP contribution in [0.15, 0.2) is 0 Å². The molecule has 6 heteroatoms. The Balaban J connectivity index is 3.90. The number of carbonyl (C=O) groups is 2. The summed E-state index contributed by atoms with van der Waals surface area (Å²) in [6, 6.07) is 0. The molecule has 0 amide bonds. The maximum atomic E-state index is 10.2. The van der Waals surface area contributed by atoms with Crippen molar-refractivity contribution in [2.45, 2.75) is 20.3 Å². The third-order valence-electron chi connectivity index (χ3n) is 2.20. The molecule has 1 atom stereocenters. The lowest BCUT2D eigenvalue weighted by molar-refractivity contribution is -0.310. The quantitative estimate of drug-likeness (QED) is 0.564. The second kappa shape index (κ2) is 7.19. The van der Waals surface area contributed by atoms with Gasteiger partial charge in [0.05, 0.1) is 25.8 Å². The Hall–Kier alpha value is -1.14. The molecule has 0 radical (unpaired) electrons. The van der Waals surface area contributed by atoms with Gasteiger partial charge < -0.3 is 24.5 Å². The van der Waals surface area contributed by atoms with Crippen molar-refractivity contribution in [1.82, 2.24) is 0 Å². The molecule has 16 heavy (non-hydrogen) atoms. The van der Waals surface area contributed by atoms with E-state index >= 15 is 0 Å². The largest absolute Gasteiger partial charge is 0.548 e. The Bertz CT molecular complexity index is 217. The van der Waals surface area contributed by atoms with Crippen molar-refractivity contribution >= 4 is 11.9 Å². The van der Waals surface area contributed by atoms with Gasteiger partial charge >= 0.3 is 5.97 Å². The molecule has 1 N–H and O–H groups in total. The zero-order chi connectivity index (χ0) is 12.6. The SMILES string of the molecule is CCC(C)(COCC(=O)[O-])COCC(=O)O. The predicted molar refractivity (Wildman–Crippen MR) is 52.7 cm³/mol. The van der Waals surface area contributed by atoms with Gasteiger partial charge in [-0.15, -0.1) is 0 Å². The third-order valence-corrected chi connectivity index (χ3v) is 2.20. The summed E-state index contributed by atoms with van der Waals surface area (Å²) in [5, 5.41) is 18.5. The zero-order valence-electron chi connectivity index (χ0n) is 9.52. The number of rotatable bonds is 9. The molecular weight excluding hydrogens is 216 g/mol. The van der Waals surface area contributed by atoms with Crippen LogP contribution in [-0.4, -0.2) is 43.5 Å². The van der Waals surface area contributed by atoms with Crippen molar-refractivity contribution < 1.29 is 29.3 Å². The van der Waals surface area contributed by atoms with Gasteiger partial charge in [0.2, 0.25) is 0 Å². The van der Waals surface area contributed by atoms with Gasteiger partial charge in [0.1, 0.15) is 6.61 Å². The summed E-state index contributed by atoms with van der Waals surface area (Å²) < 4.78 is 9.89. The lowest BCUT2D eigenvalue weighted by atomic mass is 9.90. The van der Waals surface area contributed by atoms with E-state index < -0.39 is 18.5 Å². The monoisotopic (exact) mass is 233 g/mol. The fourth-order valence-electron chi connectivity index (χ4n) is 1.01. The van der Waals surface area contributed by atoms with Crippen LogP contribution in [0.5, 0.6) is 0 Å². The molecule has 0 aliphatic heterocycles. The van der Waals surface area contributed by atoms with Gasteiger partial charge in [0.25, 0.3) is 0 Å². The van der Waals surface area contributed by atoms with Gasteiger partial charge in [0, 0.05) is 5.41 Å². The number of carboxylic acid groups (broad SMARTS) is 2. The number of aliphatic carboxylic acids is 2. The average molecular weight is 233 g/mol. The van der Waals surface area contributed by atoms with E-state index in [0.29, 0.717) is 6.42 Å². The second-order valence-electron chi connectivity index (χ2n) is 3.92. The smallest absolute Gasteiger partial charge is 0.329 e. The van der Waals surface area contributed by atoms with Gasteiger partial charge in [-0.2, -0.15) is 0 Å². The van der Waals surface area contributed by atoms with Crippen LogP contribution in [0.25, 0.3) is 0 Å². The number of carbonyl (C=O) groups excluding carboxylic acids is 1. The number of hydrogen-bond donors (Lipinski definition) is 1. The van der Waals surface area contributed by atoms with E-state index in [1.54, 1.807) is 0 Å². The fourth-order valence-corrected chi connectivity index (χ4v) is 1.01. The summed E-state index contributed by atoms with van der Waals surface area (Å²) in [5.74, 6) is -2.31. The van der Waals surface area contributed by atoms with Crippen LogP contribution in [-0.2, 0) is 19.1 Å². The van der Waals surface area contributed by atoms with Crippen LogP contribution in [0, 0.1) is 5.41 Å². The van der Waals surface area contributed by atoms with Crippen LogP contribution in [0.2, 0.25) is 0 Å². The lowest BCUT2D eigenvalue weighted by Crippen LogP contribution is -2.33. The summed E-state index contributed by atoms with van der Waals surface area (Å²) in [7, 11) is 0. The minimum absolute atomic E-state index is 0.192. The molecule has 0 saturated heterocycles. The molecule has 0 aliphatic rings. The summed E-state index contributed by atoms with van der Waals surface area (Å²) in [4.78, 5) is 20.4. The molecule has 0 heterocycles. The summed E-state index contributed by atoms with van der Waals surface area (Å²) in [6.07, 6.45) is 0.694. The molecule has 0 aromatic rings. The molecular formula is C10H17O6-. The van der Waals surface area contributed by atoms with Crippen LogP contribution in [0.1, 0.15) is 20.3 Å². The van der Waals surface area contributed by atoms with Crippen molar-refractivity contribution in [2.24, 2.45) is 5.41 Å². The Morgan fingerprint density at radius 1 is 1.25 bits per heavy atom. The van der Waals surface area contributed by atoms with Crippen molar-refractivity contribution in [1.29, 1.82) is 0 Å². The molecule has 0 spiro atoms. The maximum Gasteiger partial charge on any atom is 0.329 e. The first-order valence-corrected chi connectivity index (χ1v) is 4.97. The highest BCUT2D eigenvalue weighted by molar-refractivity contribution is 5.68. The first-order valence-electron chi connectivity index (χ1n) is 4.97. The van der Waals surface area contributed by atoms with Crippen molar-refractivity contribution in [3.8, 4) is 0 Å². The normalized spacial score (nSPS) is 14.4. The minimum Gasteiger partial charge on any atom is -0.548 e. The van der Waals surface area contributed by atoms with Crippen molar-refractivity contribution in [3.05, 3.63) is 0 Å². The van der Waals surface area contributed by atoms with Gasteiger partial charge in [-0.3, -0.25) is 0 Å². The van der Waals surface area contributed by atoms with Gasteiger partial charge in [0.15, 0.2) is 0 Å². The summed E-state index contributed by atoms with van der Waals surface area (Å²) >= 11 is 0. The van der Waals surface area contributed by atoms with Crippen LogP contribution < -0.4 is 5.11 Å². The number of ether oxygens (including phenoxy) is 2. The highest BCUT2D eigenvalue weighted by atomic mass is 16.5. The predicted octanol–water partition coefficient (Wildman–Crippen LogP) is -0.730. The van der Waals surface area contributed by atoms with Gasteiger partial charge in [-0.05, 0) is 6.42 Å². The maximum absolute atomic E-state index is 10.2. The molecule has 1 unspecified atom stereocenters.